The monoisotopic (exact) mass is 303 g/mol. The third-order valence-corrected chi connectivity index (χ3v) is 3.03. The first kappa shape index (κ1) is 15.7. The quantitative estimate of drug-likeness (QED) is 0.804. The van der Waals surface area contributed by atoms with E-state index in [9.17, 15) is 14.4 Å². The average molecular weight is 303 g/mol. The predicted molar refractivity (Wildman–Crippen MR) is 80.2 cm³/mol. The summed E-state index contributed by atoms with van der Waals surface area (Å²) in [7, 11) is 0. The van der Waals surface area contributed by atoms with Crippen LogP contribution in [0.1, 0.15) is 32.2 Å². The Morgan fingerprint density at radius 1 is 1.36 bits per heavy atom. The molecule has 0 saturated heterocycles. The van der Waals surface area contributed by atoms with Gasteiger partial charge in [-0.05, 0) is 19.1 Å². The number of nitrogens with zero attached hydrogens (tertiary/aromatic N) is 1. The molecule has 0 aliphatic heterocycles. The number of benzene rings is 1. The number of rotatable bonds is 5. The summed E-state index contributed by atoms with van der Waals surface area (Å²) in [6.45, 7) is 3.21. The topological polar surface area (TPSA) is 101 Å². The maximum Gasteiger partial charge on any atom is 0.308 e. The second kappa shape index (κ2) is 6.84. The molecule has 0 aliphatic rings. The second-order valence-electron chi connectivity index (χ2n) is 4.83. The van der Waals surface area contributed by atoms with Gasteiger partial charge in [-0.2, -0.15) is 0 Å². The number of esters is 1. The van der Waals surface area contributed by atoms with E-state index in [1.165, 1.54) is 6.92 Å². The van der Waals surface area contributed by atoms with Gasteiger partial charge in [0.05, 0.1) is 17.3 Å². The zero-order valence-electron chi connectivity index (χ0n) is 12.4. The highest BCUT2D eigenvalue weighted by Crippen LogP contribution is 2.14. The average Bonchev–Trinajstić information content (AvgIpc) is 2.46. The van der Waals surface area contributed by atoms with Crippen LogP contribution in [0.4, 0.5) is 0 Å². The van der Waals surface area contributed by atoms with Gasteiger partial charge in [-0.15, -0.1) is 0 Å². The Labute approximate surface area is 126 Å². The minimum atomic E-state index is -0.679. The van der Waals surface area contributed by atoms with E-state index in [0.29, 0.717) is 10.9 Å². The van der Waals surface area contributed by atoms with Crippen molar-refractivity contribution in [3.05, 3.63) is 40.4 Å². The summed E-state index contributed by atoms with van der Waals surface area (Å²) in [5.41, 5.74) is 0.268. The van der Waals surface area contributed by atoms with Crippen molar-refractivity contribution in [3.63, 3.8) is 0 Å². The molecule has 1 heterocycles. The molecule has 0 fully saturated rings. The number of fused-ring (bicyclic) bond motifs is 1. The molecule has 7 nitrogen and oxygen atoms in total. The van der Waals surface area contributed by atoms with E-state index in [-0.39, 0.29) is 30.3 Å². The molecule has 0 aliphatic carbocycles. The normalized spacial score (nSPS) is 11.9. The number of nitrogens with one attached hydrogen (secondary N) is 2. The lowest BCUT2D eigenvalue weighted by Gasteiger charge is -2.13. The van der Waals surface area contributed by atoms with E-state index in [1.54, 1.807) is 31.2 Å². The third kappa shape index (κ3) is 3.91. The van der Waals surface area contributed by atoms with Crippen LogP contribution in [0.5, 0.6) is 0 Å². The molecule has 0 spiro atoms. The Bertz CT molecular complexity index is 754. The highest BCUT2D eigenvalue weighted by atomic mass is 16.5. The maximum atomic E-state index is 12.0. The molecule has 1 aromatic heterocycles. The number of carbonyl (C=O) groups excluding carboxylic acids is 2. The number of hydrogen-bond acceptors (Lipinski definition) is 5. The van der Waals surface area contributed by atoms with E-state index >= 15 is 0 Å². The maximum absolute atomic E-state index is 12.0. The fourth-order valence-corrected chi connectivity index (χ4v) is 1.95. The van der Waals surface area contributed by atoms with Crippen molar-refractivity contribution in [1.29, 1.82) is 0 Å². The number of aromatic nitrogens is 2. The number of hydrogen-bond donors (Lipinski definition) is 2. The van der Waals surface area contributed by atoms with Gasteiger partial charge in [-0.1, -0.05) is 12.1 Å². The Morgan fingerprint density at radius 2 is 2.09 bits per heavy atom. The van der Waals surface area contributed by atoms with Crippen LogP contribution < -0.4 is 10.9 Å². The highest BCUT2D eigenvalue weighted by molar-refractivity contribution is 5.77. The molecule has 1 atom stereocenters. The van der Waals surface area contributed by atoms with Gasteiger partial charge in [-0.3, -0.25) is 14.4 Å². The Kier molecular flexibility index (Phi) is 4.88. The number of H-pyrrole nitrogens is 1. The van der Waals surface area contributed by atoms with E-state index < -0.39 is 12.1 Å². The molecule has 2 aromatic rings. The SMILES string of the molecule is CC(=O)NCCC(=O)O[C@@H](C)c1nc2ccccc2c(=O)[nH]1. The first-order valence-corrected chi connectivity index (χ1v) is 6.90. The van der Waals surface area contributed by atoms with Crippen LogP contribution in [0, 0.1) is 0 Å². The van der Waals surface area contributed by atoms with Gasteiger partial charge in [0.25, 0.3) is 5.56 Å². The number of para-hydroxylation sites is 1. The second-order valence-corrected chi connectivity index (χ2v) is 4.83. The smallest absolute Gasteiger partial charge is 0.308 e. The molecule has 2 rings (SSSR count). The fourth-order valence-electron chi connectivity index (χ4n) is 1.95. The number of amides is 1. The molecular weight excluding hydrogens is 286 g/mol. The van der Waals surface area contributed by atoms with Crippen LogP contribution >= 0.6 is 0 Å². The minimum absolute atomic E-state index is 0.0573. The summed E-state index contributed by atoms with van der Waals surface area (Å²) in [6.07, 6.45) is -0.621. The van der Waals surface area contributed by atoms with Crippen molar-refractivity contribution in [1.82, 2.24) is 15.3 Å². The summed E-state index contributed by atoms with van der Waals surface area (Å²) in [6, 6.07) is 6.93. The van der Waals surface area contributed by atoms with Crippen LogP contribution in [-0.4, -0.2) is 28.4 Å². The van der Waals surface area contributed by atoms with Crippen molar-refractivity contribution < 1.29 is 14.3 Å². The summed E-state index contributed by atoms with van der Waals surface area (Å²) in [5.74, 6) is -0.394. The molecule has 0 bridgehead atoms. The molecular formula is C15H17N3O4. The molecule has 0 radical (unpaired) electrons. The summed E-state index contributed by atoms with van der Waals surface area (Å²) in [4.78, 5) is 41.2. The van der Waals surface area contributed by atoms with Crippen LogP contribution in [0.25, 0.3) is 10.9 Å². The predicted octanol–water partition coefficient (Wildman–Crippen LogP) is 1.05. The van der Waals surface area contributed by atoms with Crippen LogP contribution in [-0.2, 0) is 14.3 Å². The number of carbonyl (C=O) groups is 2. The van der Waals surface area contributed by atoms with Crippen LogP contribution in [0.2, 0.25) is 0 Å². The molecule has 22 heavy (non-hydrogen) atoms. The lowest BCUT2D eigenvalue weighted by Crippen LogP contribution is -2.24. The van der Waals surface area contributed by atoms with Gasteiger partial charge in [0, 0.05) is 13.5 Å². The Morgan fingerprint density at radius 3 is 2.82 bits per heavy atom. The summed E-state index contributed by atoms with van der Waals surface area (Å²) >= 11 is 0. The van der Waals surface area contributed by atoms with Gasteiger partial charge in [0.1, 0.15) is 0 Å². The largest absolute Gasteiger partial charge is 0.454 e. The fraction of sp³-hybridized carbons (Fsp3) is 0.333. The first-order chi connectivity index (χ1) is 10.5. The zero-order chi connectivity index (χ0) is 16.1. The number of ether oxygens (including phenoxy) is 1. The lowest BCUT2D eigenvalue weighted by atomic mass is 10.2. The molecule has 0 saturated carbocycles. The van der Waals surface area contributed by atoms with E-state index in [0.717, 1.165) is 0 Å². The van der Waals surface area contributed by atoms with Crippen LogP contribution in [0.15, 0.2) is 29.1 Å². The number of aromatic amines is 1. The molecule has 0 unspecified atom stereocenters. The van der Waals surface area contributed by atoms with Gasteiger partial charge in [0.2, 0.25) is 5.91 Å². The van der Waals surface area contributed by atoms with Crippen molar-refractivity contribution >= 4 is 22.8 Å². The van der Waals surface area contributed by atoms with Gasteiger partial charge in [-0.25, -0.2) is 4.98 Å². The lowest BCUT2D eigenvalue weighted by molar-refractivity contribution is -0.148. The van der Waals surface area contributed by atoms with Gasteiger partial charge >= 0.3 is 5.97 Å². The van der Waals surface area contributed by atoms with Crippen molar-refractivity contribution in [3.8, 4) is 0 Å². The highest BCUT2D eigenvalue weighted by Gasteiger charge is 2.15. The third-order valence-electron chi connectivity index (χ3n) is 3.03. The molecule has 2 N–H and O–H groups in total. The Balaban J connectivity index is 2.06. The molecule has 7 heteroatoms. The van der Waals surface area contributed by atoms with Crippen LogP contribution in [0.3, 0.4) is 0 Å². The zero-order valence-corrected chi connectivity index (χ0v) is 12.4. The standard InChI is InChI=1S/C15H17N3O4/c1-9(22-13(20)7-8-16-10(2)19)14-17-12-6-4-3-5-11(12)15(21)18-14/h3-6,9H,7-8H2,1-2H3,(H,16,19)(H,17,18,21)/t9-/m0/s1. The van der Waals surface area contributed by atoms with E-state index in [4.69, 9.17) is 4.74 Å². The molecule has 116 valence electrons. The summed E-state index contributed by atoms with van der Waals surface area (Å²) in [5, 5.41) is 2.99. The summed E-state index contributed by atoms with van der Waals surface area (Å²) < 4.78 is 5.20. The molecule has 1 aromatic carbocycles. The molecule has 1 amide bonds. The van der Waals surface area contributed by atoms with Gasteiger partial charge in [0.15, 0.2) is 11.9 Å². The van der Waals surface area contributed by atoms with E-state index in [2.05, 4.69) is 15.3 Å². The Hall–Kier alpha value is -2.70. The van der Waals surface area contributed by atoms with E-state index in [1.807, 2.05) is 0 Å². The van der Waals surface area contributed by atoms with Crippen molar-refractivity contribution in [2.45, 2.75) is 26.4 Å². The van der Waals surface area contributed by atoms with Crippen molar-refractivity contribution in [2.24, 2.45) is 0 Å². The van der Waals surface area contributed by atoms with Crippen molar-refractivity contribution in [2.75, 3.05) is 6.54 Å². The minimum Gasteiger partial charge on any atom is -0.454 e. The first-order valence-electron chi connectivity index (χ1n) is 6.90. The van der Waals surface area contributed by atoms with Gasteiger partial charge < -0.3 is 15.0 Å².